The van der Waals surface area contributed by atoms with E-state index in [1.54, 1.807) is 20.2 Å². The fraction of sp³-hybridized carbons (Fsp3) is 0.308. The van der Waals surface area contributed by atoms with E-state index in [1.165, 1.54) is 9.13 Å². The van der Waals surface area contributed by atoms with Crippen LogP contribution in [0.3, 0.4) is 0 Å². The van der Waals surface area contributed by atoms with Crippen molar-refractivity contribution >= 4 is 24.0 Å². The maximum Gasteiger partial charge on any atom is 0.265 e. The summed E-state index contributed by atoms with van der Waals surface area (Å²) in [4.78, 5) is 16.4. The van der Waals surface area contributed by atoms with E-state index in [4.69, 9.17) is 12.2 Å². The van der Waals surface area contributed by atoms with Gasteiger partial charge in [-0.1, -0.05) is 0 Å². The molecule has 2 rings (SSSR count). The first kappa shape index (κ1) is 13.5. The average molecular weight is 277 g/mol. The molecular weight excluding hydrogens is 262 g/mol. The molecule has 0 saturated heterocycles. The molecule has 19 heavy (non-hydrogen) atoms. The molecule has 6 heteroatoms. The van der Waals surface area contributed by atoms with Crippen LogP contribution >= 0.6 is 12.2 Å². The van der Waals surface area contributed by atoms with Gasteiger partial charge in [0.1, 0.15) is 5.56 Å². The molecule has 2 heterocycles. The van der Waals surface area contributed by atoms with Crippen molar-refractivity contribution < 1.29 is 5.11 Å². The van der Waals surface area contributed by atoms with Gasteiger partial charge in [0.2, 0.25) is 5.88 Å². The highest BCUT2D eigenvalue weighted by molar-refractivity contribution is 7.71. The van der Waals surface area contributed by atoms with E-state index in [2.05, 4.69) is 4.99 Å². The van der Waals surface area contributed by atoms with E-state index in [1.807, 2.05) is 19.9 Å². The van der Waals surface area contributed by atoms with Crippen molar-refractivity contribution in [3.8, 4) is 5.88 Å². The molecule has 5 nitrogen and oxygen atoms in total. The molecule has 0 aromatic carbocycles. The lowest BCUT2D eigenvalue weighted by Crippen LogP contribution is -2.24. The average Bonchev–Trinajstić information content (AvgIpc) is 2.68. The van der Waals surface area contributed by atoms with E-state index < -0.39 is 0 Å². The molecule has 0 amide bonds. The number of aromatic hydroxyl groups is 1. The Morgan fingerprint density at radius 2 is 1.95 bits per heavy atom. The van der Waals surface area contributed by atoms with Gasteiger partial charge in [-0.25, -0.2) is 0 Å². The van der Waals surface area contributed by atoms with Crippen LogP contribution in [0.4, 0.5) is 0 Å². The van der Waals surface area contributed by atoms with Gasteiger partial charge in [-0.3, -0.25) is 18.9 Å². The number of hydrogen-bond acceptors (Lipinski definition) is 4. The van der Waals surface area contributed by atoms with Crippen molar-refractivity contribution in [2.75, 3.05) is 0 Å². The predicted molar refractivity (Wildman–Crippen MR) is 78.0 cm³/mol. The second-order valence-electron chi connectivity index (χ2n) is 4.53. The van der Waals surface area contributed by atoms with Crippen molar-refractivity contribution in [3.63, 3.8) is 0 Å². The zero-order chi connectivity index (χ0) is 14.3. The highest BCUT2D eigenvalue weighted by atomic mass is 32.1. The summed E-state index contributed by atoms with van der Waals surface area (Å²) >= 11 is 5.06. The molecular formula is C13H15N3O2S. The second-order valence-corrected chi connectivity index (χ2v) is 4.89. The Morgan fingerprint density at radius 1 is 1.32 bits per heavy atom. The van der Waals surface area contributed by atoms with E-state index in [-0.39, 0.29) is 21.8 Å². The van der Waals surface area contributed by atoms with Gasteiger partial charge in [-0.15, -0.1) is 0 Å². The molecule has 1 aromatic rings. The number of nitrogens with zero attached hydrogens (tertiary/aromatic N) is 3. The summed E-state index contributed by atoms with van der Waals surface area (Å²) in [5.41, 5.74) is 2.42. The van der Waals surface area contributed by atoms with E-state index >= 15 is 0 Å². The molecule has 1 aromatic heterocycles. The summed E-state index contributed by atoms with van der Waals surface area (Å²) in [5.74, 6) is -0.133. The Kier molecular flexibility index (Phi) is 3.28. The normalized spacial score (nSPS) is 16.7. The minimum atomic E-state index is -0.321. The van der Waals surface area contributed by atoms with Gasteiger partial charge in [-0.05, 0) is 43.8 Å². The monoisotopic (exact) mass is 277 g/mol. The second kappa shape index (κ2) is 4.62. The molecule has 0 aliphatic carbocycles. The zero-order valence-electron chi connectivity index (χ0n) is 11.3. The Morgan fingerprint density at radius 3 is 2.47 bits per heavy atom. The number of allylic oxidation sites excluding steroid dienone is 3. The summed E-state index contributed by atoms with van der Waals surface area (Å²) in [5, 5.41) is 10.1. The van der Waals surface area contributed by atoms with Crippen LogP contribution in [0.15, 0.2) is 27.1 Å². The first-order valence-corrected chi connectivity index (χ1v) is 6.18. The van der Waals surface area contributed by atoms with E-state index in [0.29, 0.717) is 0 Å². The van der Waals surface area contributed by atoms with Crippen LogP contribution in [0, 0.1) is 4.77 Å². The third-order valence-electron chi connectivity index (χ3n) is 3.09. The largest absolute Gasteiger partial charge is 0.494 e. The fourth-order valence-electron chi connectivity index (χ4n) is 1.98. The molecule has 0 spiro atoms. The SMILES string of the molecule is CC1=C/C(=C\c2c(O)n(C)c(=S)n(C)c2=O)C(C)=N1. The molecule has 0 bridgehead atoms. The van der Waals surface area contributed by atoms with Gasteiger partial charge in [0, 0.05) is 25.5 Å². The van der Waals surface area contributed by atoms with Gasteiger partial charge in [-0.2, -0.15) is 0 Å². The first-order valence-electron chi connectivity index (χ1n) is 5.77. The third kappa shape index (κ3) is 2.19. The van der Waals surface area contributed by atoms with Crippen LogP contribution in [0.1, 0.15) is 19.4 Å². The number of rotatable bonds is 1. The quantitative estimate of drug-likeness (QED) is 0.798. The first-order chi connectivity index (χ1) is 8.82. The Labute approximate surface area is 115 Å². The minimum absolute atomic E-state index is 0.133. The number of hydrogen-bond donors (Lipinski definition) is 1. The Balaban J connectivity index is 2.74. The Bertz CT molecular complexity index is 763. The Hall–Kier alpha value is -1.95. The molecule has 1 aliphatic heterocycles. The summed E-state index contributed by atoms with van der Waals surface area (Å²) in [6, 6.07) is 0. The van der Waals surface area contributed by atoms with Crippen molar-refractivity contribution in [1.82, 2.24) is 9.13 Å². The predicted octanol–water partition coefficient (Wildman–Crippen LogP) is 1.92. The highest BCUT2D eigenvalue weighted by Gasteiger charge is 2.14. The lowest BCUT2D eigenvalue weighted by atomic mass is 10.1. The number of aromatic nitrogens is 2. The maximum absolute atomic E-state index is 12.2. The van der Waals surface area contributed by atoms with Crippen molar-refractivity contribution in [2.24, 2.45) is 19.1 Å². The minimum Gasteiger partial charge on any atom is -0.494 e. The van der Waals surface area contributed by atoms with Crippen LogP contribution in [-0.2, 0) is 14.1 Å². The van der Waals surface area contributed by atoms with Gasteiger partial charge in [0.25, 0.3) is 5.56 Å². The molecule has 0 atom stereocenters. The topological polar surface area (TPSA) is 59.5 Å². The van der Waals surface area contributed by atoms with Crippen LogP contribution in [-0.4, -0.2) is 20.0 Å². The summed E-state index contributed by atoms with van der Waals surface area (Å²) in [7, 11) is 3.21. The maximum atomic E-state index is 12.2. The zero-order valence-corrected chi connectivity index (χ0v) is 12.1. The smallest absolute Gasteiger partial charge is 0.265 e. The van der Waals surface area contributed by atoms with Crippen LogP contribution in [0.2, 0.25) is 0 Å². The third-order valence-corrected chi connectivity index (χ3v) is 3.64. The van der Waals surface area contributed by atoms with Gasteiger partial charge in [0.15, 0.2) is 4.77 Å². The van der Waals surface area contributed by atoms with Gasteiger partial charge in [0.05, 0.1) is 0 Å². The highest BCUT2D eigenvalue weighted by Crippen LogP contribution is 2.21. The lowest BCUT2D eigenvalue weighted by Gasteiger charge is -2.10. The molecule has 0 fully saturated rings. The molecule has 0 unspecified atom stereocenters. The fourth-order valence-corrected chi connectivity index (χ4v) is 2.15. The molecule has 100 valence electrons. The molecule has 0 radical (unpaired) electrons. The standard InChI is InChI=1S/C13H15N3O2S/c1-7-5-9(8(2)14-7)6-10-11(17)15(3)13(19)16(4)12(10)18/h5-6,17H,1-4H3/b9-6+. The van der Waals surface area contributed by atoms with Crippen molar-refractivity contribution in [2.45, 2.75) is 13.8 Å². The molecule has 1 aliphatic rings. The van der Waals surface area contributed by atoms with E-state index in [0.717, 1.165) is 17.0 Å². The summed E-state index contributed by atoms with van der Waals surface area (Å²) < 4.78 is 3.01. The van der Waals surface area contributed by atoms with Crippen molar-refractivity contribution in [3.05, 3.63) is 38.0 Å². The lowest BCUT2D eigenvalue weighted by molar-refractivity contribution is 0.414. The summed E-state index contributed by atoms with van der Waals surface area (Å²) in [6.07, 6.45) is 3.51. The molecule has 1 N–H and O–H groups in total. The van der Waals surface area contributed by atoms with Crippen LogP contribution in [0.25, 0.3) is 6.08 Å². The van der Waals surface area contributed by atoms with Gasteiger partial charge < -0.3 is 5.11 Å². The van der Waals surface area contributed by atoms with Gasteiger partial charge >= 0.3 is 0 Å². The van der Waals surface area contributed by atoms with Crippen LogP contribution < -0.4 is 5.56 Å². The summed E-state index contributed by atoms with van der Waals surface area (Å²) in [6.45, 7) is 3.75. The van der Waals surface area contributed by atoms with E-state index in [9.17, 15) is 9.90 Å². The number of aliphatic imine (C=N–C) groups is 1. The molecule has 0 saturated carbocycles. The van der Waals surface area contributed by atoms with Crippen molar-refractivity contribution in [1.29, 1.82) is 0 Å². The van der Waals surface area contributed by atoms with Crippen LogP contribution in [0.5, 0.6) is 5.88 Å².